The van der Waals surface area contributed by atoms with Crippen LogP contribution in [-0.4, -0.2) is 38.1 Å². The van der Waals surface area contributed by atoms with Gasteiger partial charge in [-0.3, -0.25) is 10.1 Å². The SMILES string of the molecule is CCC(NC(C)C(=O)N(C)C)c1ccc(OC)cc1. The maximum atomic E-state index is 11.9. The van der Waals surface area contributed by atoms with Gasteiger partial charge in [0.15, 0.2) is 0 Å². The average Bonchev–Trinajstić information content (AvgIpc) is 2.43. The van der Waals surface area contributed by atoms with E-state index in [2.05, 4.69) is 12.2 Å². The number of hydrogen-bond acceptors (Lipinski definition) is 3. The molecule has 2 unspecified atom stereocenters. The first kappa shape index (κ1) is 15.5. The lowest BCUT2D eigenvalue weighted by Gasteiger charge is -2.24. The molecule has 1 aromatic rings. The van der Waals surface area contributed by atoms with E-state index < -0.39 is 0 Å². The van der Waals surface area contributed by atoms with E-state index in [0.717, 1.165) is 12.2 Å². The van der Waals surface area contributed by atoms with Gasteiger partial charge >= 0.3 is 0 Å². The van der Waals surface area contributed by atoms with E-state index in [4.69, 9.17) is 4.74 Å². The van der Waals surface area contributed by atoms with Crippen molar-refractivity contribution in [3.8, 4) is 5.75 Å². The number of rotatable bonds is 6. The normalized spacial score (nSPS) is 13.7. The first-order chi connectivity index (χ1) is 8.99. The van der Waals surface area contributed by atoms with Gasteiger partial charge in [-0.25, -0.2) is 0 Å². The molecule has 0 bridgehead atoms. The molecule has 0 radical (unpaired) electrons. The summed E-state index contributed by atoms with van der Waals surface area (Å²) in [6.07, 6.45) is 0.928. The number of hydrogen-bond donors (Lipinski definition) is 1. The van der Waals surface area contributed by atoms with Gasteiger partial charge in [-0.05, 0) is 31.0 Å². The van der Waals surface area contributed by atoms with E-state index in [0.29, 0.717) is 0 Å². The summed E-state index contributed by atoms with van der Waals surface area (Å²) in [6.45, 7) is 4.00. The first-order valence-electron chi connectivity index (χ1n) is 6.60. The Morgan fingerprint density at radius 2 is 1.89 bits per heavy atom. The number of ether oxygens (including phenoxy) is 1. The first-order valence-corrected chi connectivity index (χ1v) is 6.60. The zero-order valence-corrected chi connectivity index (χ0v) is 12.4. The zero-order valence-electron chi connectivity index (χ0n) is 12.4. The molecule has 4 nitrogen and oxygen atoms in total. The van der Waals surface area contributed by atoms with Crippen molar-refractivity contribution in [2.24, 2.45) is 0 Å². The predicted octanol–water partition coefficient (Wildman–Crippen LogP) is 2.21. The standard InChI is InChI=1S/C15H24N2O2/c1-6-14(16-11(2)15(18)17(3)4)12-7-9-13(19-5)10-8-12/h7-11,14,16H,6H2,1-5H3. The summed E-state index contributed by atoms with van der Waals surface area (Å²) in [5.41, 5.74) is 1.17. The van der Waals surface area contributed by atoms with Gasteiger partial charge in [0.05, 0.1) is 13.2 Å². The molecule has 0 aliphatic heterocycles. The van der Waals surface area contributed by atoms with Crippen LogP contribution in [0.1, 0.15) is 31.9 Å². The van der Waals surface area contributed by atoms with Crippen LogP contribution in [0.25, 0.3) is 0 Å². The van der Waals surface area contributed by atoms with Crippen molar-refractivity contribution in [1.82, 2.24) is 10.2 Å². The number of benzene rings is 1. The highest BCUT2D eigenvalue weighted by Gasteiger charge is 2.19. The molecule has 0 fully saturated rings. The smallest absolute Gasteiger partial charge is 0.238 e. The van der Waals surface area contributed by atoms with E-state index in [1.807, 2.05) is 31.2 Å². The number of methoxy groups -OCH3 is 1. The summed E-state index contributed by atoms with van der Waals surface area (Å²) in [5.74, 6) is 0.933. The fourth-order valence-electron chi connectivity index (χ4n) is 2.05. The quantitative estimate of drug-likeness (QED) is 0.856. The second kappa shape index (κ2) is 7.14. The van der Waals surface area contributed by atoms with Gasteiger partial charge in [-0.1, -0.05) is 19.1 Å². The summed E-state index contributed by atoms with van der Waals surface area (Å²) in [4.78, 5) is 13.5. The molecule has 0 saturated heterocycles. The monoisotopic (exact) mass is 264 g/mol. The summed E-state index contributed by atoms with van der Waals surface area (Å²) >= 11 is 0. The van der Waals surface area contributed by atoms with Crippen molar-refractivity contribution >= 4 is 5.91 Å². The second-order valence-electron chi connectivity index (χ2n) is 4.86. The molecule has 4 heteroatoms. The van der Waals surface area contributed by atoms with Crippen LogP contribution in [-0.2, 0) is 4.79 Å². The number of amides is 1. The third-order valence-electron chi connectivity index (χ3n) is 3.19. The highest BCUT2D eigenvalue weighted by atomic mass is 16.5. The number of nitrogens with one attached hydrogen (secondary N) is 1. The molecule has 106 valence electrons. The summed E-state index contributed by atoms with van der Waals surface area (Å²) < 4.78 is 5.15. The minimum absolute atomic E-state index is 0.0898. The van der Waals surface area contributed by atoms with Gasteiger partial charge in [0.25, 0.3) is 0 Å². The van der Waals surface area contributed by atoms with E-state index in [9.17, 15) is 4.79 Å². The molecule has 0 heterocycles. The number of carbonyl (C=O) groups is 1. The summed E-state index contributed by atoms with van der Waals surface area (Å²) in [6, 6.07) is 7.93. The van der Waals surface area contributed by atoms with Crippen molar-refractivity contribution in [1.29, 1.82) is 0 Å². The molecule has 0 aliphatic carbocycles. The van der Waals surface area contributed by atoms with E-state index >= 15 is 0 Å². The number of likely N-dealkylation sites (N-methyl/N-ethyl adjacent to an activating group) is 1. The van der Waals surface area contributed by atoms with Crippen LogP contribution in [0, 0.1) is 0 Å². The van der Waals surface area contributed by atoms with Crippen molar-refractivity contribution in [3.63, 3.8) is 0 Å². The molecule has 2 atom stereocenters. The second-order valence-corrected chi connectivity index (χ2v) is 4.86. The Bertz CT molecular complexity index is 401. The van der Waals surface area contributed by atoms with Crippen LogP contribution >= 0.6 is 0 Å². The highest BCUT2D eigenvalue weighted by Crippen LogP contribution is 2.20. The fraction of sp³-hybridized carbons (Fsp3) is 0.533. The molecule has 0 aliphatic rings. The van der Waals surface area contributed by atoms with Crippen LogP contribution in [0.3, 0.4) is 0 Å². The van der Waals surface area contributed by atoms with Gasteiger partial charge in [-0.15, -0.1) is 0 Å². The lowest BCUT2D eigenvalue weighted by Crippen LogP contribution is -2.42. The Balaban J connectivity index is 2.74. The lowest BCUT2D eigenvalue weighted by molar-refractivity contribution is -0.130. The maximum Gasteiger partial charge on any atom is 0.238 e. The van der Waals surface area contributed by atoms with Crippen LogP contribution in [0.2, 0.25) is 0 Å². The van der Waals surface area contributed by atoms with Crippen molar-refractivity contribution in [2.75, 3.05) is 21.2 Å². The number of carbonyl (C=O) groups excluding carboxylic acids is 1. The fourth-order valence-corrected chi connectivity index (χ4v) is 2.05. The Morgan fingerprint density at radius 1 is 1.32 bits per heavy atom. The van der Waals surface area contributed by atoms with Crippen LogP contribution in [0.5, 0.6) is 5.75 Å². The Kier molecular flexibility index (Phi) is 5.83. The average molecular weight is 264 g/mol. The Labute approximate surface area is 115 Å². The molecule has 19 heavy (non-hydrogen) atoms. The van der Waals surface area contributed by atoms with E-state index in [1.165, 1.54) is 5.56 Å². The third-order valence-corrected chi connectivity index (χ3v) is 3.19. The minimum Gasteiger partial charge on any atom is -0.497 e. The molecular formula is C15H24N2O2. The summed E-state index contributed by atoms with van der Waals surface area (Å²) in [7, 11) is 5.20. The lowest BCUT2D eigenvalue weighted by atomic mass is 10.0. The minimum atomic E-state index is -0.193. The van der Waals surface area contributed by atoms with Gasteiger partial charge in [0.2, 0.25) is 5.91 Å². The highest BCUT2D eigenvalue weighted by molar-refractivity contribution is 5.80. The van der Waals surface area contributed by atoms with Crippen molar-refractivity contribution in [2.45, 2.75) is 32.4 Å². The van der Waals surface area contributed by atoms with Crippen molar-refractivity contribution in [3.05, 3.63) is 29.8 Å². The molecule has 0 saturated carbocycles. The molecule has 0 aromatic heterocycles. The van der Waals surface area contributed by atoms with Crippen LogP contribution in [0.15, 0.2) is 24.3 Å². The number of nitrogens with zero attached hydrogens (tertiary/aromatic N) is 1. The van der Waals surface area contributed by atoms with Gasteiger partial charge in [0.1, 0.15) is 5.75 Å². The largest absolute Gasteiger partial charge is 0.497 e. The predicted molar refractivity (Wildman–Crippen MR) is 77.3 cm³/mol. The van der Waals surface area contributed by atoms with Crippen LogP contribution in [0.4, 0.5) is 0 Å². The molecule has 0 spiro atoms. The molecule has 1 N–H and O–H groups in total. The van der Waals surface area contributed by atoms with E-state index in [1.54, 1.807) is 26.1 Å². The summed E-state index contributed by atoms with van der Waals surface area (Å²) in [5, 5.41) is 3.37. The molecule has 1 amide bonds. The van der Waals surface area contributed by atoms with Gasteiger partial charge in [0, 0.05) is 20.1 Å². The van der Waals surface area contributed by atoms with Gasteiger partial charge in [-0.2, -0.15) is 0 Å². The van der Waals surface area contributed by atoms with E-state index in [-0.39, 0.29) is 18.0 Å². The maximum absolute atomic E-state index is 11.9. The Hall–Kier alpha value is -1.55. The molecule has 1 rings (SSSR count). The van der Waals surface area contributed by atoms with Crippen LogP contribution < -0.4 is 10.1 Å². The topological polar surface area (TPSA) is 41.6 Å². The molecule has 1 aromatic carbocycles. The zero-order chi connectivity index (χ0) is 14.4. The molecular weight excluding hydrogens is 240 g/mol. The van der Waals surface area contributed by atoms with Gasteiger partial charge < -0.3 is 9.64 Å². The Morgan fingerprint density at radius 3 is 2.32 bits per heavy atom. The third kappa shape index (κ3) is 4.24. The van der Waals surface area contributed by atoms with Crippen molar-refractivity contribution < 1.29 is 9.53 Å².